The minimum Gasteiger partial charge on any atom is -0.388 e. The molecule has 1 aromatic rings. The van der Waals surface area contributed by atoms with Crippen molar-refractivity contribution in [2.45, 2.75) is 45.1 Å². The lowest BCUT2D eigenvalue weighted by Gasteiger charge is -2.35. The molecule has 3 nitrogen and oxygen atoms in total. The molecule has 102 valence electrons. The average molecular weight is 259 g/mol. The van der Waals surface area contributed by atoms with Crippen molar-refractivity contribution in [3.05, 3.63) is 29.3 Å². The molecule has 1 saturated carbocycles. The highest BCUT2D eigenvalue weighted by Gasteiger charge is 2.33. The number of carbonyl (C=O) groups excluding carboxylic acids is 1. The Morgan fingerprint density at radius 2 is 2.00 bits per heavy atom. The van der Waals surface area contributed by atoms with Crippen LogP contribution in [0.4, 0.5) is 5.69 Å². The lowest BCUT2D eigenvalue weighted by atomic mass is 9.94. The summed E-state index contributed by atoms with van der Waals surface area (Å²) in [5, 5.41) is 10.1. The fraction of sp³-hybridized carbons (Fsp3) is 0.562. The molecule has 1 fully saturated rings. The molecular weight excluding hydrogens is 238 g/mol. The smallest absolute Gasteiger partial charge is 0.230 e. The van der Waals surface area contributed by atoms with E-state index in [-0.39, 0.29) is 11.8 Å². The number of aliphatic hydroxyl groups excluding tert-OH is 1. The van der Waals surface area contributed by atoms with Gasteiger partial charge in [0.25, 0.3) is 0 Å². The van der Waals surface area contributed by atoms with Crippen LogP contribution in [0.2, 0.25) is 0 Å². The van der Waals surface area contributed by atoms with Crippen LogP contribution in [0.25, 0.3) is 0 Å². The third-order valence-corrected chi connectivity index (χ3v) is 4.49. The van der Waals surface area contributed by atoms with Gasteiger partial charge in [-0.25, -0.2) is 0 Å². The number of para-hydroxylation sites is 1. The summed E-state index contributed by atoms with van der Waals surface area (Å²) in [6.45, 7) is 2.67. The molecule has 0 saturated heterocycles. The summed E-state index contributed by atoms with van der Waals surface area (Å²) in [5.41, 5.74) is 2.96. The highest BCUT2D eigenvalue weighted by atomic mass is 16.3. The molecule has 1 atom stereocenters. The SMILES string of the molecule is Cc1cccc2c1N(C(=O)C1CCCC1)CCC2O. The summed E-state index contributed by atoms with van der Waals surface area (Å²) in [4.78, 5) is 14.6. The second kappa shape index (κ2) is 4.97. The average Bonchev–Trinajstić information content (AvgIpc) is 2.93. The van der Waals surface area contributed by atoms with Crippen LogP contribution in [0.1, 0.15) is 49.3 Å². The lowest BCUT2D eigenvalue weighted by molar-refractivity contribution is -0.122. The number of carbonyl (C=O) groups is 1. The van der Waals surface area contributed by atoms with E-state index < -0.39 is 6.10 Å². The van der Waals surface area contributed by atoms with Crippen LogP contribution < -0.4 is 4.90 Å². The minimum atomic E-state index is -0.428. The second-order valence-electron chi connectivity index (χ2n) is 5.79. The first-order valence-corrected chi connectivity index (χ1v) is 7.27. The number of aliphatic hydroxyl groups is 1. The highest BCUT2D eigenvalue weighted by Crippen LogP contribution is 2.38. The van der Waals surface area contributed by atoms with Crippen LogP contribution in [-0.2, 0) is 4.79 Å². The van der Waals surface area contributed by atoms with E-state index in [1.165, 1.54) is 12.8 Å². The highest BCUT2D eigenvalue weighted by molar-refractivity contribution is 5.97. The molecule has 19 heavy (non-hydrogen) atoms. The van der Waals surface area contributed by atoms with Gasteiger partial charge in [0, 0.05) is 18.0 Å². The minimum absolute atomic E-state index is 0.197. The Bertz CT molecular complexity index is 492. The van der Waals surface area contributed by atoms with Crippen LogP contribution in [-0.4, -0.2) is 17.6 Å². The maximum Gasteiger partial charge on any atom is 0.230 e. The summed E-state index contributed by atoms with van der Waals surface area (Å²) in [5.74, 6) is 0.461. The second-order valence-corrected chi connectivity index (χ2v) is 5.79. The van der Waals surface area contributed by atoms with E-state index in [0.29, 0.717) is 13.0 Å². The van der Waals surface area contributed by atoms with Crippen LogP contribution in [0.5, 0.6) is 0 Å². The Balaban J connectivity index is 1.96. The maximum absolute atomic E-state index is 12.7. The first-order chi connectivity index (χ1) is 9.18. The van der Waals surface area contributed by atoms with E-state index in [0.717, 1.165) is 29.7 Å². The normalized spacial score (nSPS) is 23.5. The Morgan fingerprint density at radius 1 is 1.26 bits per heavy atom. The topological polar surface area (TPSA) is 40.5 Å². The van der Waals surface area contributed by atoms with Gasteiger partial charge in [0.1, 0.15) is 0 Å². The van der Waals surface area contributed by atoms with Gasteiger partial charge in [-0.3, -0.25) is 4.79 Å². The van der Waals surface area contributed by atoms with Gasteiger partial charge >= 0.3 is 0 Å². The monoisotopic (exact) mass is 259 g/mol. The van der Waals surface area contributed by atoms with Crippen LogP contribution in [0.15, 0.2) is 18.2 Å². The van der Waals surface area contributed by atoms with Crippen molar-refractivity contribution in [3.8, 4) is 0 Å². The molecule has 0 aromatic heterocycles. The van der Waals surface area contributed by atoms with E-state index >= 15 is 0 Å². The molecule has 1 aliphatic heterocycles. The molecule has 0 radical (unpaired) electrons. The van der Waals surface area contributed by atoms with Gasteiger partial charge in [-0.15, -0.1) is 0 Å². The summed E-state index contributed by atoms with van der Waals surface area (Å²) in [6, 6.07) is 5.92. The molecule has 2 aliphatic rings. The van der Waals surface area contributed by atoms with Gasteiger partial charge in [-0.2, -0.15) is 0 Å². The largest absolute Gasteiger partial charge is 0.388 e. The van der Waals surface area contributed by atoms with Gasteiger partial charge in [-0.1, -0.05) is 31.0 Å². The maximum atomic E-state index is 12.7. The number of fused-ring (bicyclic) bond motifs is 1. The van der Waals surface area contributed by atoms with Crippen molar-refractivity contribution in [2.24, 2.45) is 5.92 Å². The van der Waals surface area contributed by atoms with Crippen molar-refractivity contribution in [1.82, 2.24) is 0 Å². The number of nitrogens with zero attached hydrogens (tertiary/aromatic N) is 1. The predicted molar refractivity (Wildman–Crippen MR) is 75.1 cm³/mol. The number of benzene rings is 1. The fourth-order valence-corrected chi connectivity index (χ4v) is 3.45. The Hall–Kier alpha value is -1.35. The third-order valence-electron chi connectivity index (χ3n) is 4.49. The summed E-state index contributed by atoms with van der Waals surface area (Å²) in [6.07, 6.45) is 4.62. The van der Waals surface area contributed by atoms with E-state index in [1.54, 1.807) is 0 Å². The van der Waals surface area contributed by atoms with Gasteiger partial charge in [-0.05, 0) is 31.7 Å². The van der Waals surface area contributed by atoms with Crippen LogP contribution in [0.3, 0.4) is 0 Å². The molecule has 0 bridgehead atoms. The number of aryl methyl sites for hydroxylation is 1. The molecule has 1 heterocycles. The van der Waals surface area contributed by atoms with Crippen molar-refractivity contribution in [2.75, 3.05) is 11.4 Å². The summed E-state index contributed by atoms with van der Waals surface area (Å²) < 4.78 is 0. The molecule has 0 spiro atoms. The third kappa shape index (κ3) is 2.16. The Kier molecular flexibility index (Phi) is 3.31. The van der Waals surface area contributed by atoms with E-state index in [9.17, 15) is 9.90 Å². The quantitative estimate of drug-likeness (QED) is 0.842. The van der Waals surface area contributed by atoms with Crippen molar-refractivity contribution in [1.29, 1.82) is 0 Å². The van der Waals surface area contributed by atoms with Crippen LogP contribution in [0, 0.1) is 12.8 Å². The molecule has 1 N–H and O–H groups in total. The molecule has 3 rings (SSSR count). The van der Waals surface area contributed by atoms with E-state index in [2.05, 4.69) is 0 Å². The van der Waals surface area contributed by atoms with Gasteiger partial charge < -0.3 is 10.0 Å². The number of anilines is 1. The Morgan fingerprint density at radius 3 is 2.74 bits per heavy atom. The summed E-state index contributed by atoms with van der Waals surface area (Å²) in [7, 11) is 0. The number of amides is 1. The van der Waals surface area contributed by atoms with Gasteiger partial charge in [0.2, 0.25) is 5.91 Å². The molecule has 1 amide bonds. The molecule has 1 aromatic carbocycles. The zero-order valence-electron chi connectivity index (χ0n) is 11.4. The standard InChI is InChI=1S/C16H21NO2/c1-11-5-4-8-13-14(18)9-10-17(15(11)13)16(19)12-6-2-3-7-12/h4-5,8,12,14,18H,2-3,6-7,9-10H2,1H3. The molecular formula is C16H21NO2. The molecule has 1 aliphatic carbocycles. The predicted octanol–water partition coefficient (Wildman–Crippen LogP) is 2.96. The number of hydrogen-bond donors (Lipinski definition) is 1. The van der Waals surface area contributed by atoms with Gasteiger partial charge in [0.05, 0.1) is 11.8 Å². The zero-order valence-corrected chi connectivity index (χ0v) is 11.4. The first kappa shape index (κ1) is 12.7. The van der Waals surface area contributed by atoms with Crippen molar-refractivity contribution >= 4 is 11.6 Å². The van der Waals surface area contributed by atoms with Crippen molar-refractivity contribution < 1.29 is 9.90 Å². The number of hydrogen-bond acceptors (Lipinski definition) is 2. The molecule has 1 unspecified atom stereocenters. The van der Waals surface area contributed by atoms with E-state index in [4.69, 9.17) is 0 Å². The van der Waals surface area contributed by atoms with Crippen LogP contribution >= 0.6 is 0 Å². The van der Waals surface area contributed by atoms with E-state index in [1.807, 2.05) is 30.0 Å². The zero-order chi connectivity index (χ0) is 13.4. The summed E-state index contributed by atoms with van der Waals surface area (Å²) >= 11 is 0. The van der Waals surface area contributed by atoms with Gasteiger partial charge in [0.15, 0.2) is 0 Å². The number of rotatable bonds is 1. The Labute approximate surface area is 114 Å². The van der Waals surface area contributed by atoms with Crippen molar-refractivity contribution in [3.63, 3.8) is 0 Å². The molecule has 3 heteroatoms. The first-order valence-electron chi connectivity index (χ1n) is 7.27. The lowest BCUT2D eigenvalue weighted by Crippen LogP contribution is -2.40. The fourth-order valence-electron chi connectivity index (χ4n) is 3.45.